The highest BCUT2D eigenvalue weighted by molar-refractivity contribution is 7.94. The monoisotopic (exact) mass is 246 g/mol. The number of hydrogen-bond donors (Lipinski definition) is 5. The Bertz CT molecular complexity index is 422. The molecule has 0 fully saturated rings. The van der Waals surface area contributed by atoms with Gasteiger partial charge in [0.05, 0.1) is 4.90 Å². The summed E-state index contributed by atoms with van der Waals surface area (Å²) in [6.45, 7) is 5.20. The van der Waals surface area contributed by atoms with Crippen LogP contribution in [0.2, 0.25) is 0 Å². The van der Waals surface area contributed by atoms with Crippen LogP contribution in [0.4, 0.5) is 0 Å². The van der Waals surface area contributed by atoms with Crippen molar-refractivity contribution in [2.75, 3.05) is 0 Å². The van der Waals surface area contributed by atoms with Crippen molar-refractivity contribution in [1.29, 1.82) is 0 Å². The average Bonchev–Trinajstić information content (AvgIpc) is 2.18. The van der Waals surface area contributed by atoms with Crippen LogP contribution in [-0.2, 0) is 5.41 Å². The molecule has 1 aromatic carbocycles. The first kappa shape index (κ1) is 12.8. The molecular formula is C10H14O5S. The highest BCUT2D eigenvalue weighted by atomic mass is 32.2. The summed E-state index contributed by atoms with van der Waals surface area (Å²) in [7, 11) is 0. The second kappa shape index (κ2) is 3.95. The van der Waals surface area contributed by atoms with E-state index in [-0.39, 0.29) is 22.5 Å². The van der Waals surface area contributed by atoms with Gasteiger partial charge in [0.2, 0.25) is 11.5 Å². The second-order valence-electron chi connectivity index (χ2n) is 4.44. The van der Waals surface area contributed by atoms with Gasteiger partial charge in [0.25, 0.3) is 0 Å². The van der Waals surface area contributed by atoms with E-state index in [0.717, 1.165) is 0 Å². The second-order valence-corrected chi connectivity index (χ2v) is 5.03. The third-order valence-corrected chi connectivity index (χ3v) is 2.77. The van der Waals surface area contributed by atoms with Gasteiger partial charge >= 0.3 is 0 Å². The van der Waals surface area contributed by atoms with Crippen LogP contribution in [0.5, 0.6) is 23.0 Å². The van der Waals surface area contributed by atoms with E-state index in [9.17, 15) is 20.4 Å². The van der Waals surface area contributed by atoms with Gasteiger partial charge in [-0.25, -0.2) is 0 Å². The van der Waals surface area contributed by atoms with Crippen LogP contribution in [0.15, 0.2) is 4.90 Å². The van der Waals surface area contributed by atoms with Crippen LogP contribution in [0.25, 0.3) is 0 Å². The van der Waals surface area contributed by atoms with Crippen LogP contribution in [0.3, 0.4) is 0 Å². The van der Waals surface area contributed by atoms with Crippen molar-refractivity contribution in [3.8, 4) is 23.0 Å². The van der Waals surface area contributed by atoms with Crippen molar-refractivity contribution in [3.05, 3.63) is 5.56 Å². The van der Waals surface area contributed by atoms with Gasteiger partial charge in [-0.05, 0) is 5.41 Å². The molecule has 5 N–H and O–H groups in total. The molecule has 1 aromatic rings. The van der Waals surface area contributed by atoms with E-state index in [4.69, 9.17) is 4.55 Å². The molecule has 0 saturated carbocycles. The maximum atomic E-state index is 9.70. The van der Waals surface area contributed by atoms with Gasteiger partial charge < -0.3 is 25.0 Å². The maximum absolute atomic E-state index is 9.70. The van der Waals surface area contributed by atoms with Gasteiger partial charge in [-0.3, -0.25) is 0 Å². The van der Waals surface area contributed by atoms with Gasteiger partial charge in [0.1, 0.15) is 0 Å². The smallest absolute Gasteiger partial charge is 0.205 e. The minimum atomic E-state index is -0.845. The van der Waals surface area contributed by atoms with Crippen LogP contribution in [0, 0.1) is 0 Å². The van der Waals surface area contributed by atoms with E-state index in [1.165, 1.54) is 0 Å². The standard InChI is InChI=1S/C10H14O5S/c1-10(2,3)4-5(11)6(12)7(13)8(14)9(4)16-15/h11-15H,1-3H3. The summed E-state index contributed by atoms with van der Waals surface area (Å²) in [5, 5.41) is 38.0. The molecule has 90 valence electrons. The molecule has 1 rings (SSSR count). The molecule has 16 heavy (non-hydrogen) atoms. The van der Waals surface area contributed by atoms with Crippen LogP contribution < -0.4 is 0 Å². The summed E-state index contributed by atoms with van der Waals surface area (Å²) >= 11 is 0.205. The third-order valence-electron chi connectivity index (χ3n) is 2.19. The predicted molar refractivity (Wildman–Crippen MR) is 60.3 cm³/mol. The minimum Gasteiger partial charge on any atom is -0.504 e. The highest BCUT2D eigenvalue weighted by Crippen LogP contribution is 2.53. The SMILES string of the molecule is CC(C)(C)c1c(O)c(O)c(O)c(O)c1SO. The molecule has 0 atom stereocenters. The average molecular weight is 246 g/mol. The van der Waals surface area contributed by atoms with E-state index in [2.05, 4.69) is 0 Å². The van der Waals surface area contributed by atoms with Crippen molar-refractivity contribution >= 4 is 12.0 Å². The predicted octanol–water partition coefficient (Wildman–Crippen LogP) is 2.37. The van der Waals surface area contributed by atoms with Crippen molar-refractivity contribution in [3.63, 3.8) is 0 Å². The summed E-state index contributed by atoms with van der Waals surface area (Å²) in [6.07, 6.45) is 0. The zero-order valence-electron chi connectivity index (χ0n) is 9.14. The van der Waals surface area contributed by atoms with Gasteiger partial charge in [-0.1, -0.05) is 20.8 Å². The summed E-state index contributed by atoms with van der Waals surface area (Å²) in [5.74, 6) is -2.82. The van der Waals surface area contributed by atoms with E-state index < -0.39 is 28.4 Å². The number of phenols is 4. The summed E-state index contributed by atoms with van der Waals surface area (Å²) in [5.41, 5.74) is -0.439. The Morgan fingerprint density at radius 2 is 1.25 bits per heavy atom. The van der Waals surface area contributed by atoms with E-state index in [1.54, 1.807) is 20.8 Å². The molecule has 0 aliphatic carbocycles. The van der Waals surface area contributed by atoms with Gasteiger partial charge in [-0.2, -0.15) is 0 Å². The molecule has 0 saturated heterocycles. The topological polar surface area (TPSA) is 101 Å². The molecule has 0 bridgehead atoms. The molecule has 0 amide bonds. The number of benzene rings is 1. The largest absolute Gasteiger partial charge is 0.504 e. The molecule has 0 aromatic heterocycles. The van der Waals surface area contributed by atoms with Crippen LogP contribution in [-0.4, -0.2) is 25.0 Å². The Morgan fingerprint density at radius 1 is 0.812 bits per heavy atom. The fourth-order valence-electron chi connectivity index (χ4n) is 1.46. The Morgan fingerprint density at radius 3 is 1.62 bits per heavy atom. The van der Waals surface area contributed by atoms with Crippen molar-refractivity contribution in [2.45, 2.75) is 31.1 Å². The number of hydrogen-bond acceptors (Lipinski definition) is 6. The molecule has 0 heterocycles. The maximum Gasteiger partial charge on any atom is 0.205 e. The minimum absolute atomic E-state index is 0.0692. The molecule has 5 nitrogen and oxygen atoms in total. The Balaban J connectivity index is 3.72. The molecule has 6 heteroatoms. The third kappa shape index (κ3) is 1.85. The molecule has 0 aliphatic rings. The molecule has 0 radical (unpaired) electrons. The van der Waals surface area contributed by atoms with E-state index in [0.29, 0.717) is 0 Å². The van der Waals surface area contributed by atoms with Crippen LogP contribution in [0.1, 0.15) is 26.3 Å². The first-order valence-electron chi connectivity index (χ1n) is 4.53. The molecular weight excluding hydrogens is 232 g/mol. The molecule has 0 spiro atoms. The lowest BCUT2D eigenvalue weighted by molar-refractivity contribution is 0.330. The van der Waals surface area contributed by atoms with E-state index in [1.807, 2.05) is 0 Å². The van der Waals surface area contributed by atoms with Crippen molar-refractivity contribution in [1.82, 2.24) is 0 Å². The lowest BCUT2D eigenvalue weighted by atomic mass is 9.85. The Hall–Kier alpha value is -1.27. The molecule has 0 unspecified atom stereocenters. The number of rotatable bonds is 1. The first-order valence-corrected chi connectivity index (χ1v) is 5.30. The lowest BCUT2D eigenvalue weighted by Crippen LogP contribution is -2.13. The molecule has 0 aliphatic heterocycles. The Kier molecular flexibility index (Phi) is 3.16. The normalized spacial score (nSPS) is 11.8. The zero-order chi connectivity index (χ0) is 12.7. The Labute approximate surface area is 97.2 Å². The summed E-state index contributed by atoms with van der Waals surface area (Å²) in [4.78, 5) is -0.0692. The number of phenolic OH excluding ortho intramolecular Hbond substituents is 4. The lowest BCUT2D eigenvalue weighted by Gasteiger charge is -2.24. The number of aromatic hydroxyl groups is 4. The quantitative estimate of drug-likeness (QED) is 0.296. The fraction of sp³-hybridized carbons (Fsp3) is 0.400. The van der Waals surface area contributed by atoms with Crippen molar-refractivity contribution < 1.29 is 25.0 Å². The summed E-state index contributed by atoms with van der Waals surface area (Å²) < 4.78 is 9.06. The summed E-state index contributed by atoms with van der Waals surface area (Å²) in [6, 6.07) is 0. The van der Waals surface area contributed by atoms with Crippen LogP contribution >= 0.6 is 12.0 Å². The van der Waals surface area contributed by atoms with Gasteiger partial charge in [-0.15, -0.1) is 0 Å². The first-order chi connectivity index (χ1) is 7.21. The van der Waals surface area contributed by atoms with Crippen molar-refractivity contribution in [2.24, 2.45) is 0 Å². The fourth-order valence-corrected chi connectivity index (χ4v) is 2.14. The zero-order valence-corrected chi connectivity index (χ0v) is 9.96. The van der Waals surface area contributed by atoms with Gasteiger partial charge in [0.15, 0.2) is 11.5 Å². The van der Waals surface area contributed by atoms with E-state index >= 15 is 0 Å². The highest BCUT2D eigenvalue weighted by Gasteiger charge is 2.30. The van der Waals surface area contributed by atoms with Gasteiger partial charge in [0, 0.05) is 17.6 Å².